The third-order valence-corrected chi connectivity index (χ3v) is 5.76. The second-order valence-electron chi connectivity index (χ2n) is 8.96. The van der Waals surface area contributed by atoms with Gasteiger partial charge in [-0.25, -0.2) is 4.79 Å². The zero-order valence-electron chi connectivity index (χ0n) is 20.0. The van der Waals surface area contributed by atoms with Crippen molar-refractivity contribution in [1.82, 2.24) is 9.88 Å². The molecule has 0 bridgehead atoms. The summed E-state index contributed by atoms with van der Waals surface area (Å²) < 4.78 is 11.2. The third-order valence-electron chi connectivity index (χ3n) is 5.76. The Kier molecular flexibility index (Phi) is 7.61. The third kappa shape index (κ3) is 5.51. The Balaban J connectivity index is 1.87. The lowest BCUT2D eigenvalue weighted by Gasteiger charge is -2.26. The molecule has 2 aromatic rings. The van der Waals surface area contributed by atoms with Crippen molar-refractivity contribution in [3.8, 4) is 0 Å². The fraction of sp³-hybridized carbons (Fsp3) is 0.520. The van der Waals surface area contributed by atoms with Crippen molar-refractivity contribution in [2.45, 2.75) is 59.3 Å². The lowest BCUT2D eigenvalue weighted by Crippen LogP contribution is -2.37. The van der Waals surface area contributed by atoms with Crippen LogP contribution in [0.1, 0.15) is 64.4 Å². The van der Waals surface area contributed by atoms with Gasteiger partial charge in [-0.05, 0) is 63.8 Å². The first kappa shape index (κ1) is 23.9. The van der Waals surface area contributed by atoms with Crippen LogP contribution in [0.15, 0.2) is 24.3 Å². The molecule has 1 N–H and O–H groups in total. The summed E-state index contributed by atoms with van der Waals surface area (Å²) in [6, 6.07) is 8.19. The van der Waals surface area contributed by atoms with E-state index >= 15 is 0 Å². The monoisotopic (exact) mass is 441 g/mol. The molecule has 1 fully saturated rings. The van der Waals surface area contributed by atoms with Crippen molar-refractivity contribution in [2.75, 3.05) is 32.1 Å². The van der Waals surface area contributed by atoms with Gasteiger partial charge in [-0.1, -0.05) is 12.1 Å². The van der Waals surface area contributed by atoms with Crippen LogP contribution in [0.25, 0.3) is 0 Å². The normalized spacial score (nSPS) is 15.8. The largest absolute Gasteiger partial charge is 0.459 e. The minimum atomic E-state index is -0.407. The van der Waals surface area contributed by atoms with E-state index in [0.717, 1.165) is 30.7 Å². The van der Waals surface area contributed by atoms with Gasteiger partial charge in [0.25, 0.3) is 5.91 Å². The van der Waals surface area contributed by atoms with Gasteiger partial charge in [0.2, 0.25) is 0 Å². The number of aromatic amines is 1. The SMILES string of the molecule is Cc1[nH]c(C(=O)N(Cc2ccc(N(C)C)cc2)CC2CCCO2)c(C)c1C(=O)OC(C)C. The van der Waals surface area contributed by atoms with Crippen LogP contribution >= 0.6 is 0 Å². The Morgan fingerprint density at radius 2 is 1.88 bits per heavy atom. The molecular formula is C25H35N3O4. The number of carbonyl (C=O) groups excluding carboxylic acids is 2. The van der Waals surface area contributed by atoms with E-state index in [9.17, 15) is 9.59 Å². The van der Waals surface area contributed by atoms with Crippen LogP contribution in [0.3, 0.4) is 0 Å². The highest BCUT2D eigenvalue weighted by Gasteiger charge is 2.29. The quantitative estimate of drug-likeness (QED) is 0.625. The first-order valence-corrected chi connectivity index (χ1v) is 11.2. The smallest absolute Gasteiger partial charge is 0.340 e. The first-order valence-electron chi connectivity index (χ1n) is 11.2. The lowest BCUT2D eigenvalue weighted by atomic mass is 10.1. The molecule has 0 radical (unpaired) electrons. The molecule has 0 spiro atoms. The van der Waals surface area contributed by atoms with E-state index in [-0.39, 0.29) is 18.1 Å². The Hall–Kier alpha value is -2.80. The van der Waals surface area contributed by atoms with Crippen LogP contribution in [-0.4, -0.2) is 61.2 Å². The molecule has 1 aromatic carbocycles. The molecule has 174 valence electrons. The Morgan fingerprint density at radius 3 is 2.44 bits per heavy atom. The number of ether oxygens (including phenoxy) is 2. The molecule has 0 saturated carbocycles. The number of anilines is 1. The summed E-state index contributed by atoms with van der Waals surface area (Å²) in [6.07, 6.45) is 1.76. The average Bonchev–Trinajstić information content (AvgIpc) is 3.34. The van der Waals surface area contributed by atoms with Crippen molar-refractivity contribution >= 4 is 17.6 Å². The van der Waals surface area contributed by atoms with Gasteiger partial charge in [-0.15, -0.1) is 0 Å². The summed E-state index contributed by atoms with van der Waals surface area (Å²) in [4.78, 5) is 33.2. The van der Waals surface area contributed by atoms with Gasteiger partial charge in [0.1, 0.15) is 5.69 Å². The van der Waals surface area contributed by atoms with Crippen molar-refractivity contribution in [1.29, 1.82) is 0 Å². The predicted octanol–water partition coefficient (Wildman–Crippen LogP) is 4.08. The molecule has 7 heteroatoms. The van der Waals surface area contributed by atoms with Gasteiger partial charge in [0.05, 0.1) is 17.8 Å². The van der Waals surface area contributed by atoms with Crippen LogP contribution in [0, 0.1) is 13.8 Å². The number of H-pyrrole nitrogens is 1. The topological polar surface area (TPSA) is 74.9 Å². The summed E-state index contributed by atoms with van der Waals surface area (Å²) in [5.74, 6) is -0.545. The highest BCUT2D eigenvalue weighted by Crippen LogP contribution is 2.24. The highest BCUT2D eigenvalue weighted by atomic mass is 16.5. The number of nitrogens with one attached hydrogen (secondary N) is 1. The van der Waals surface area contributed by atoms with E-state index in [1.165, 1.54) is 0 Å². The molecule has 1 amide bonds. The maximum atomic E-state index is 13.6. The Labute approximate surface area is 190 Å². The molecule has 0 aliphatic carbocycles. The van der Waals surface area contributed by atoms with Crippen molar-refractivity contribution in [2.24, 2.45) is 0 Å². The average molecular weight is 442 g/mol. The molecular weight excluding hydrogens is 406 g/mol. The maximum Gasteiger partial charge on any atom is 0.340 e. The highest BCUT2D eigenvalue weighted by molar-refractivity contribution is 6.00. The van der Waals surface area contributed by atoms with Gasteiger partial charge in [-0.2, -0.15) is 0 Å². The molecule has 1 saturated heterocycles. The summed E-state index contributed by atoms with van der Waals surface area (Å²) in [6.45, 7) is 8.93. The van der Waals surface area contributed by atoms with Crippen LogP contribution in [-0.2, 0) is 16.0 Å². The van der Waals surface area contributed by atoms with E-state index in [2.05, 4.69) is 4.98 Å². The number of amides is 1. The molecule has 1 unspecified atom stereocenters. The minimum absolute atomic E-state index is 0.0294. The van der Waals surface area contributed by atoms with Crippen LogP contribution in [0.2, 0.25) is 0 Å². The lowest BCUT2D eigenvalue weighted by molar-refractivity contribution is 0.0376. The van der Waals surface area contributed by atoms with E-state index in [0.29, 0.717) is 35.6 Å². The fourth-order valence-electron chi connectivity index (χ4n) is 4.07. The molecule has 32 heavy (non-hydrogen) atoms. The van der Waals surface area contributed by atoms with Gasteiger partial charge in [0.15, 0.2) is 0 Å². The minimum Gasteiger partial charge on any atom is -0.459 e. The number of aromatic nitrogens is 1. The van der Waals surface area contributed by atoms with Gasteiger partial charge < -0.3 is 24.3 Å². The molecule has 2 heterocycles. The second-order valence-corrected chi connectivity index (χ2v) is 8.96. The summed E-state index contributed by atoms with van der Waals surface area (Å²) in [7, 11) is 4.00. The van der Waals surface area contributed by atoms with E-state index < -0.39 is 5.97 Å². The fourth-order valence-corrected chi connectivity index (χ4v) is 4.07. The van der Waals surface area contributed by atoms with Gasteiger partial charge >= 0.3 is 5.97 Å². The molecule has 1 aliphatic rings. The molecule has 7 nitrogen and oxygen atoms in total. The zero-order valence-corrected chi connectivity index (χ0v) is 20.0. The van der Waals surface area contributed by atoms with Crippen LogP contribution in [0.5, 0.6) is 0 Å². The van der Waals surface area contributed by atoms with E-state index in [1.54, 1.807) is 13.8 Å². The maximum absolute atomic E-state index is 13.6. The summed E-state index contributed by atoms with van der Waals surface area (Å²) >= 11 is 0. The Morgan fingerprint density at radius 1 is 1.19 bits per heavy atom. The first-order chi connectivity index (χ1) is 15.2. The van der Waals surface area contributed by atoms with Crippen molar-refractivity contribution < 1.29 is 19.1 Å². The number of hydrogen-bond acceptors (Lipinski definition) is 5. The molecule has 1 atom stereocenters. The Bertz CT molecular complexity index is 941. The van der Waals surface area contributed by atoms with Gasteiger partial charge in [-0.3, -0.25) is 4.79 Å². The number of hydrogen-bond donors (Lipinski definition) is 1. The van der Waals surface area contributed by atoms with Crippen molar-refractivity contribution in [3.05, 3.63) is 52.3 Å². The summed E-state index contributed by atoms with van der Waals surface area (Å²) in [5, 5.41) is 0. The zero-order chi connectivity index (χ0) is 23.4. The van der Waals surface area contributed by atoms with E-state index in [4.69, 9.17) is 9.47 Å². The van der Waals surface area contributed by atoms with Crippen LogP contribution < -0.4 is 4.90 Å². The predicted molar refractivity (Wildman–Crippen MR) is 125 cm³/mol. The number of aryl methyl sites for hydroxylation is 1. The molecule has 1 aromatic heterocycles. The van der Waals surface area contributed by atoms with Gasteiger partial charge in [0, 0.05) is 45.2 Å². The van der Waals surface area contributed by atoms with Crippen LogP contribution in [0.4, 0.5) is 5.69 Å². The van der Waals surface area contributed by atoms with Crippen molar-refractivity contribution in [3.63, 3.8) is 0 Å². The number of carbonyl (C=O) groups is 2. The standard InChI is InChI=1S/C25H35N3O4/c1-16(2)32-25(30)22-17(3)23(26-18(22)4)24(29)28(15-21-8-7-13-31-21)14-19-9-11-20(12-10-19)27(5)6/h9-12,16,21,26H,7-8,13-15H2,1-6H3. The summed E-state index contributed by atoms with van der Waals surface area (Å²) in [5.41, 5.74) is 4.29. The number of rotatable bonds is 8. The number of esters is 1. The number of nitrogens with zero attached hydrogens (tertiary/aromatic N) is 2. The second kappa shape index (κ2) is 10.2. The molecule has 1 aliphatic heterocycles. The number of benzene rings is 1. The molecule has 3 rings (SSSR count). The van der Waals surface area contributed by atoms with E-state index in [1.807, 2.05) is 62.0 Å².